The average molecular weight is 349 g/mol. The van der Waals surface area contributed by atoms with E-state index in [4.69, 9.17) is 14.5 Å². The van der Waals surface area contributed by atoms with Crippen molar-refractivity contribution in [2.24, 2.45) is 0 Å². The van der Waals surface area contributed by atoms with Gasteiger partial charge in [-0.2, -0.15) is 0 Å². The number of Topliss-reactive ketones (excluding diaryl/α,β-unsaturated/α-hetero) is 1. The minimum atomic E-state index is -0.305. The van der Waals surface area contributed by atoms with E-state index in [-0.39, 0.29) is 11.4 Å². The van der Waals surface area contributed by atoms with E-state index in [0.717, 1.165) is 33.3 Å². The van der Waals surface area contributed by atoms with Gasteiger partial charge in [0, 0.05) is 49.0 Å². The number of rotatable bonds is 5. The lowest BCUT2D eigenvalue weighted by atomic mass is 9.95. The van der Waals surface area contributed by atoms with Crippen molar-refractivity contribution in [2.75, 3.05) is 20.3 Å². The van der Waals surface area contributed by atoms with Crippen LogP contribution in [0.25, 0.3) is 0 Å². The highest BCUT2D eigenvalue weighted by Crippen LogP contribution is 2.39. The molecule has 1 aliphatic rings. The van der Waals surface area contributed by atoms with Gasteiger partial charge in [-0.25, -0.2) is 4.98 Å². The molecule has 0 atom stereocenters. The van der Waals surface area contributed by atoms with Crippen LogP contribution in [0.15, 0.2) is 39.6 Å². The van der Waals surface area contributed by atoms with Crippen molar-refractivity contribution in [1.29, 1.82) is 0 Å². The van der Waals surface area contributed by atoms with Gasteiger partial charge in [-0.15, -0.1) is 11.3 Å². The average Bonchev–Trinajstić information content (AvgIpc) is 3.05. The maximum Gasteiger partial charge on any atom is 0.159 e. The minimum absolute atomic E-state index is 0.0825. The summed E-state index contributed by atoms with van der Waals surface area (Å²) in [7, 11) is 1.75. The first-order valence-electron chi connectivity index (χ1n) is 7.51. The molecule has 1 aliphatic heterocycles. The third-order valence-corrected chi connectivity index (χ3v) is 6.15. The molecule has 1 fully saturated rings. The summed E-state index contributed by atoms with van der Waals surface area (Å²) in [6.45, 7) is 3.00. The standard InChI is InChI=1S/C17H19NO3S2/c1-12(19)13-3-5-14(6-4-13)23-15-11-22-16(18-15)17(20-2)7-9-21-10-8-17/h3-6,11H,7-10H2,1-2H3. The van der Waals surface area contributed by atoms with Crippen molar-refractivity contribution >= 4 is 28.9 Å². The second kappa shape index (κ2) is 7.13. The van der Waals surface area contributed by atoms with E-state index >= 15 is 0 Å². The van der Waals surface area contributed by atoms with Gasteiger partial charge in [0.1, 0.15) is 15.6 Å². The summed E-state index contributed by atoms with van der Waals surface area (Å²) in [5.74, 6) is 0.0825. The molecular formula is C17H19NO3S2. The van der Waals surface area contributed by atoms with E-state index in [0.29, 0.717) is 13.2 Å². The highest BCUT2D eigenvalue weighted by molar-refractivity contribution is 7.99. The summed E-state index contributed by atoms with van der Waals surface area (Å²) in [6.07, 6.45) is 1.68. The first kappa shape index (κ1) is 16.6. The SMILES string of the molecule is COC1(c2nc(Sc3ccc(C(C)=O)cc3)cs2)CCOCC1. The molecule has 1 aromatic heterocycles. The highest BCUT2D eigenvalue weighted by Gasteiger charge is 2.37. The van der Waals surface area contributed by atoms with Crippen LogP contribution in [0.1, 0.15) is 35.1 Å². The number of ketones is 1. The van der Waals surface area contributed by atoms with Crippen LogP contribution in [0.5, 0.6) is 0 Å². The van der Waals surface area contributed by atoms with Gasteiger partial charge >= 0.3 is 0 Å². The molecule has 2 heterocycles. The molecule has 3 rings (SSSR count). The van der Waals surface area contributed by atoms with Crippen LogP contribution in [0.3, 0.4) is 0 Å². The van der Waals surface area contributed by atoms with Crippen molar-refractivity contribution in [3.05, 3.63) is 40.2 Å². The first-order chi connectivity index (χ1) is 11.1. The summed E-state index contributed by atoms with van der Waals surface area (Å²) in [4.78, 5) is 17.2. The molecule has 0 N–H and O–H groups in total. The Morgan fingerprint density at radius 1 is 1.30 bits per heavy atom. The van der Waals surface area contributed by atoms with E-state index in [1.54, 1.807) is 37.1 Å². The van der Waals surface area contributed by atoms with Gasteiger partial charge in [0.15, 0.2) is 5.78 Å². The number of ether oxygens (including phenoxy) is 2. The second-order valence-electron chi connectivity index (χ2n) is 5.48. The fraction of sp³-hybridized carbons (Fsp3) is 0.412. The Morgan fingerprint density at radius 3 is 2.61 bits per heavy atom. The molecule has 0 bridgehead atoms. The van der Waals surface area contributed by atoms with E-state index in [9.17, 15) is 4.79 Å². The second-order valence-corrected chi connectivity index (χ2v) is 7.44. The molecule has 0 spiro atoms. The van der Waals surface area contributed by atoms with Crippen molar-refractivity contribution in [1.82, 2.24) is 4.98 Å². The number of methoxy groups -OCH3 is 1. The molecule has 6 heteroatoms. The quantitative estimate of drug-likeness (QED) is 0.759. The van der Waals surface area contributed by atoms with E-state index in [1.165, 1.54) is 0 Å². The number of carbonyl (C=O) groups excluding carboxylic acids is 1. The van der Waals surface area contributed by atoms with E-state index in [1.807, 2.05) is 24.3 Å². The van der Waals surface area contributed by atoms with Gasteiger partial charge in [0.05, 0.1) is 0 Å². The van der Waals surface area contributed by atoms with Gasteiger partial charge < -0.3 is 9.47 Å². The zero-order chi connectivity index (χ0) is 16.3. The Kier molecular flexibility index (Phi) is 5.16. The molecule has 1 saturated heterocycles. The summed E-state index contributed by atoms with van der Waals surface area (Å²) in [5, 5.41) is 4.05. The Labute approximate surface area is 144 Å². The Hall–Kier alpha value is -1.21. The lowest BCUT2D eigenvalue weighted by Gasteiger charge is -2.33. The molecule has 0 saturated carbocycles. The van der Waals surface area contributed by atoms with Crippen LogP contribution in [0.2, 0.25) is 0 Å². The van der Waals surface area contributed by atoms with Crippen LogP contribution in [-0.2, 0) is 15.1 Å². The lowest BCUT2D eigenvalue weighted by Crippen LogP contribution is -2.35. The minimum Gasteiger partial charge on any atom is -0.381 e. The van der Waals surface area contributed by atoms with Gasteiger partial charge in [-0.1, -0.05) is 23.9 Å². The largest absolute Gasteiger partial charge is 0.381 e. The van der Waals surface area contributed by atoms with Gasteiger partial charge in [0.2, 0.25) is 0 Å². The maximum absolute atomic E-state index is 11.3. The summed E-state index contributed by atoms with van der Waals surface area (Å²) < 4.78 is 11.2. The zero-order valence-electron chi connectivity index (χ0n) is 13.2. The van der Waals surface area contributed by atoms with Gasteiger partial charge in [-0.05, 0) is 19.1 Å². The Morgan fingerprint density at radius 2 is 2.00 bits per heavy atom. The van der Waals surface area contributed by atoms with Crippen LogP contribution in [-0.4, -0.2) is 31.1 Å². The number of benzene rings is 1. The van der Waals surface area contributed by atoms with Crippen molar-refractivity contribution in [3.63, 3.8) is 0 Å². The molecule has 0 amide bonds. The normalized spacial score (nSPS) is 17.1. The molecule has 4 nitrogen and oxygen atoms in total. The van der Waals surface area contributed by atoms with Crippen LogP contribution in [0.4, 0.5) is 0 Å². The highest BCUT2D eigenvalue weighted by atomic mass is 32.2. The van der Waals surface area contributed by atoms with Crippen LogP contribution >= 0.6 is 23.1 Å². The number of hydrogen-bond acceptors (Lipinski definition) is 6. The number of aromatic nitrogens is 1. The molecule has 122 valence electrons. The fourth-order valence-corrected chi connectivity index (χ4v) is 4.56. The van der Waals surface area contributed by atoms with E-state index < -0.39 is 0 Å². The summed E-state index contributed by atoms with van der Waals surface area (Å²) in [6, 6.07) is 7.63. The molecule has 0 aliphatic carbocycles. The third-order valence-electron chi connectivity index (χ3n) is 4.05. The third kappa shape index (κ3) is 3.66. The van der Waals surface area contributed by atoms with Crippen LogP contribution in [0, 0.1) is 0 Å². The van der Waals surface area contributed by atoms with Gasteiger partial charge in [-0.3, -0.25) is 4.79 Å². The fourth-order valence-electron chi connectivity index (χ4n) is 2.60. The van der Waals surface area contributed by atoms with E-state index in [2.05, 4.69) is 5.38 Å². The Balaban J connectivity index is 1.75. The lowest BCUT2D eigenvalue weighted by molar-refractivity contribution is -0.0950. The maximum atomic E-state index is 11.3. The summed E-state index contributed by atoms with van der Waals surface area (Å²) >= 11 is 3.24. The van der Waals surface area contributed by atoms with Crippen molar-refractivity contribution in [3.8, 4) is 0 Å². The molecular weight excluding hydrogens is 330 g/mol. The smallest absolute Gasteiger partial charge is 0.159 e. The predicted octanol–water partition coefficient (Wildman–Crippen LogP) is 4.15. The number of nitrogens with zero attached hydrogens (tertiary/aromatic N) is 1. The van der Waals surface area contributed by atoms with Crippen LogP contribution < -0.4 is 0 Å². The van der Waals surface area contributed by atoms with Crippen molar-refractivity contribution in [2.45, 2.75) is 35.3 Å². The first-order valence-corrected chi connectivity index (χ1v) is 9.20. The van der Waals surface area contributed by atoms with Crippen molar-refractivity contribution < 1.29 is 14.3 Å². The molecule has 23 heavy (non-hydrogen) atoms. The topological polar surface area (TPSA) is 48.4 Å². The summed E-state index contributed by atoms with van der Waals surface area (Å²) in [5.41, 5.74) is 0.425. The Bertz CT molecular complexity index is 675. The molecule has 0 unspecified atom stereocenters. The molecule has 0 radical (unpaired) electrons. The van der Waals surface area contributed by atoms with Gasteiger partial charge in [0.25, 0.3) is 0 Å². The zero-order valence-corrected chi connectivity index (χ0v) is 14.8. The number of thiazole rings is 1. The number of hydrogen-bond donors (Lipinski definition) is 0. The monoisotopic (exact) mass is 349 g/mol. The number of carbonyl (C=O) groups is 1. The molecule has 2 aromatic rings. The predicted molar refractivity (Wildman–Crippen MR) is 91.4 cm³/mol. The molecule has 1 aromatic carbocycles.